The highest BCUT2D eigenvalue weighted by molar-refractivity contribution is 6.30. The first-order valence-corrected chi connectivity index (χ1v) is 7.26. The summed E-state index contributed by atoms with van der Waals surface area (Å²) in [4.78, 5) is 24.0. The zero-order chi connectivity index (χ0) is 17.0. The first kappa shape index (κ1) is 16.8. The number of amides is 2. The van der Waals surface area contributed by atoms with Gasteiger partial charge in [0, 0.05) is 35.9 Å². The molecule has 0 unspecified atom stereocenters. The highest BCUT2D eigenvalue weighted by atomic mass is 35.5. The summed E-state index contributed by atoms with van der Waals surface area (Å²) in [7, 11) is 1.66. The van der Waals surface area contributed by atoms with Crippen molar-refractivity contribution in [1.82, 2.24) is 4.90 Å². The number of aryl methyl sites for hydroxylation is 1. The van der Waals surface area contributed by atoms with Gasteiger partial charge < -0.3 is 10.2 Å². The molecule has 0 aliphatic heterocycles. The highest BCUT2D eigenvalue weighted by Crippen LogP contribution is 2.22. The third kappa shape index (κ3) is 4.43. The van der Waals surface area contributed by atoms with Gasteiger partial charge in [-0.25, -0.2) is 4.79 Å². The second kappa shape index (κ2) is 7.11. The van der Waals surface area contributed by atoms with E-state index in [-0.39, 0.29) is 11.7 Å². The van der Waals surface area contributed by atoms with Crippen LogP contribution >= 0.6 is 11.6 Å². The van der Waals surface area contributed by atoms with Crippen molar-refractivity contribution in [2.24, 2.45) is 0 Å². The SMILES string of the molecule is Cc1cc(NC(=O)N(C)Cc2cccc(Cl)c2)ccc1[N+](=O)[O-]. The molecule has 2 aromatic rings. The molecular formula is C16H16ClN3O3. The van der Waals surface area contributed by atoms with Gasteiger partial charge >= 0.3 is 6.03 Å². The predicted molar refractivity (Wildman–Crippen MR) is 89.8 cm³/mol. The summed E-state index contributed by atoms with van der Waals surface area (Å²) < 4.78 is 0. The van der Waals surface area contributed by atoms with Crippen molar-refractivity contribution < 1.29 is 9.72 Å². The Labute approximate surface area is 138 Å². The van der Waals surface area contributed by atoms with Gasteiger partial charge in [-0.15, -0.1) is 0 Å². The lowest BCUT2D eigenvalue weighted by Gasteiger charge is -2.18. The first-order chi connectivity index (χ1) is 10.9. The van der Waals surface area contributed by atoms with Crippen LogP contribution in [-0.2, 0) is 6.54 Å². The lowest BCUT2D eigenvalue weighted by Crippen LogP contribution is -2.30. The Bertz CT molecular complexity index is 749. The number of benzene rings is 2. The number of nitro groups is 1. The van der Waals surface area contributed by atoms with Crippen LogP contribution in [0.3, 0.4) is 0 Å². The van der Waals surface area contributed by atoms with Crippen molar-refractivity contribution >= 4 is 29.0 Å². The Morgan fingerprint density at radius 2 is 2.04 bits per heavy atom. The summed E-state index contributed by atoms with van der Waals surface area (Å²) >= 11 is 5.92. The topological polar surface area (TPSA) is 75.5 Å². The molecule has 7 heteroatoms. The molecule has 0 fully saturated rings. The lowest BCUT2D eigenvalue weighted by atomic mass is 10.2. The van der Waals surface area contributed by atoms with Crippen molar-refractivity contribution in [3.63, 3.8) is 0 Å². The second-order valence-corrected chi connectivity index (χ2v) is 5.61. The van der Waals surface area contributed by atoms with Crippen LogP contribution in [0.1, 0.15) is 11.1 Å². The molecule has 6 nitrogen and oxygen atoms in total. The first-order valence-electron chi connectivity index (χ1n) is 6.88. The summed E-state index contributed by atoms with van der Waals surface area (Å²) in [6.45, 7) is 2.03. The van der Waals surface area contributed by atoms with Crippen molar-refractivity contribution in [2.45, 2.75) is 13.5 Å². The van der Waals surface area contributed by atoms with Crippen LogP contribution in [0.5, 0.6) is 0 Å². The minimum Gasteiger partial charge on any atom is -0.323 e. The average molecular weight is 334 g/mol. The molecule has 0 saturated heterocycles. The van der Waals surface area contributed by atoms with Gasteiger partial charge in [0.05, 0.1) is 4.92 Å². The van der Waals surface area contributed by atoms with E-state index in [9.17, 15) is 14.9 Å². The Morgan fingerprint density at radius 3 is 2.65 bits per heavy atom. The molecular weight excluding hydrogens is 318 g/mol. The predicted octanol–water partition coefficient (Wildman–Crippen LogP) is 4.22. The van der Waals surface area contributed by atoms with E-state index < -0.39 is 4.92 Å². The smallest absolute Gasteiger partial charge is 0.321 e. The number of urea groups is 1. The molecule has 0 heterocycles. The van der Waals surface area contributed by atoms with Crippen LogP contribution in [-0.4, -0.2) is 22.9 Å². The molecule has 0 aliphatic carbocycles. The van der Waals surface area contributed by atoms with Gasteiger partial charge in [0.2, 0.25) is 0 Å². The van der Waals surface area contributed by atoms with E-state index in [1.807, 2.05) is 12.1 Å². The Hall–Kier alpha value is -2.60. The van der Waals surface area contributed by atoms with Gasteiger partial charge in [-0.2, -0.15) is 0 Å². The fourth-order valence-corrected chi connectivity index (χ4v) is 2.35. The fourth-order valence-electron chi connectivity index (χ4n) is 2.14. The number of hydrogen-bond acceptors (Lipinski definition) is 3. The number of hydrogen-bond donors (Lipinski definition) is 1. The molecule has 0 saturated carbocycles. The second-order valence-electron chi connectivity index (χ2n) is 5.17. The maximum absolute atomic E-state index is 12.2. The summed E-state index contributed by atoms with van der Waals surface area (Å²) in [5, 5.41) is 14.1. The van der Waals surface area contributed by atoms with E-state index in [1.54, 1.807) is 32.2 Å². The number of nitro benzene ring substituents is 1. The normalized spacial score (nSPS) is 10.2. The number of carbonyl (C=O) groups excluding carboxylic acids is 1. The van der Waals surface area contributed by atoms with E-state index >= 15 is 0 Å². The molecule has 0 atom stereocenters. The number of carbonyl (C=O) groups is 1. The van der Waals surface area contributed by atoms with Gasteiger partial charge in [0.1, 0.15) is 0 Å². The summed E-state index contributed by atoms with van der Waals surface area (Å²) in [6, 6.07) is 11.4. The maximum Gasteiger partial charge on any atom is 0.321 e. The van der Waals surface area contributed by atoms with Crippen LogP contribution in [0, 0.1) is 17.0 Å². The Morgan fingerprint density at radius 1 is 1.30 bits per heavy atom. The molecule has 0 bridgehead atoms. The van der Waals surface area contributed by atoms with Gasteiger partial charge in [0.25, 0.3) is 5.69 Å². The van der Waals surface area contributed by atoms with Crippen molar-refractivity contribution in [2.75, 3.05) is 12.4 Å². The van der Waals surface area contributed by atoms with E-state index in [0.717, 1.165) is 5.56 Å². The standard InChI is InChI=1S/C16H16ClN3O3/c1-11-8-14(6-7-15(11)20(22)23)18-16(21)19(2)10-12-4-3-5-13(17)9-12/h3-9H,10H2,1-2H3,(H,18,21). The van der Waals surface area contributed by atoms with Gasteiger partial charge in [0.15, 0.2) is 0 Å². The molecule has 2 amide bonds. The molecule has 1 N–H and O–H groups in total. The highest BCUT2D eigenvalue weighted by Gasteiger charge is 2.13. The van der Waals surface area contributed by atoms with Crippen LogP contribution in [0.25, 0.3) is 0 Å². The molecule has 0 radical (unpaired) electrons. The number of nitrogens with zero attached hydrogens (tertiary/aromatic N) is 2. The van der Waals surface area contributed by atoms with Gasteiger partial charge in [-0.05, 0) is 36.8 Å². The number of rotatable bonds is 4. The molecule has 0 spiro atoms. The Balaban J connectivity index is 2.03. The number of nitrogens with one attached hydrogen (secondary N) is 1. The molecule has 2 aromatic carbocycles. The minimum absolute atomic E-state index is 0.0234. The van der Waals surface area contributed by atoms with Gasteiger partial charge in [-0.1, -0.05) is 23.7 Å². The quantitative estimate of drug-likeness (QED) is 0.672. The molecule has 0 aliphatic rings. The van der Waals surface area contributed by atoms with Crippen molar-refractivity contribution in [3.8, 4) is 0 Å². The Kier molecular flexibility index (Phi) is 5.18. The largest absolute Gasteiger partial charge is 0.323 e. The van der Waals surface area contributed by atoms with E-state index in [0.29, 0.717) is 22.8 Å². The average Bonchev–Trinajstić information content (AvgIpc) is 2.46. The number of halogens is 1. The van der Waals surface area contributed by atoms with Crippen LogP contribution in [0.2, 0.25) is 5.02 Å². The summed E-state index contributed by atoms with van der Waals surface area (Å²) in [5.74, 6) is 0. The minimum atomic E-state index is -0.452. The zero-order valence-corrected chi connectivity index (χ0v) is 13.5. The van der Waals surface area contributed by atoms with E-state index in [4.69, 9.17) is 11.6 Å². The monoisotopic (exact) mass is 333 g/mol. The maximum atomic E-state index is 12.2. The van der Waals surface area contributed by atoms with E-state index in [2.05, 4.69) is 5.32 Å². The van der Waals surface area contributed by atoms with Crippen molar-refractivity contribution in [1.29, 1.82) is 0 Å². The van der Waals surface area contributed by atoms with Crippen LogP contribution in [0.4, 0.5) is 16.2 Å². The molecule has 23 heavy (non-hydrogen) atoms. The van der Waals surface area contributed by atoms with E-state index in [1.165, 1.54) is 17.0 Å². The lowest BCUT2D eigenvalue weighted by molar-refractivity contribution is -0.385. The van der Waals surface area contributed by atoms with Gasteiger partial charge in [-0.3, -0.25) is 10.1 Å². The molecule has 0 aromatic heterocycles. The molecule has 120 valence electrons. The third-order valence-electron chi connectivity index (χ3n) is 3.30. The van der Waals surface area contributed by atoms with Crippen LogP contribution < -0.4 is 5.32 Å². The number of anilines is 1. The third-order valence-corrected chi connectivity index (χ3v) is 3.54. The fraction of sp³-hybridized carbons (Fsp3) is 0.188. The zero-order valence-electron chi connectivity index (χ0n) is 12.7. The van der Waals surface area contributed by atoms with Crippen molar-refractivity contribution in [3.05, 3.63) is 68.7 Å². The summed E-state index contributed by atoms with van der Waals surface area (Å²) in [5.41, 5.74) is 1.94. The summed E-state index contributed by atoms with van der Waals surface area (Å²) in [6.07, 6.45) is 0. The van der Waals surface area contributed by atoms with Crippen LogP contribution in [0.15, 0.2) is 42.5 Å². The molecule has 2 rings (SSSR count).